The molecule has 3 nitrogen and oxygen atoms in total. The zero-order chi connectivity index (χ0) is 6.85. The monoisotopic (exact) mass is 130 g/mol. The summed E-state index contributed by atoms with van der Waals surface area (Å²) in [7, 11) is 2.02. The summed E-state index contributed by atoms with van der Waals surface area (Å²) < 4.78 is 0. The van der Waals surface area contributed by atoms with E-state index in [4.69, 9.17) is 10.8 Å². The third-order valence-electron chi connectivity index (χ3n) is 1.91. The fourth-order valence-electron chi connectivity index (χ4n) is 1.31. The maximum atomic E-state index is 8.75. The number of aliphatic hydroxyl groups excluding tert-OH is 1. The first kappa shape index (κ1) is 6.99. The minimum atomic E-state index is 0.181. The second-order valence-electron chi connectivity index (χ2n) is 2.83. The van der Waals surface area contributed by atoms with E-state index in [-0.39, 0.29) is 12.6 Å². The molecule has 0 spiro atoms. The molecular formula is C6H14N2O. The lowest BCUT2D eigenvalue weighted by atomic mass is 10.1. The van der Waals surface area contributed by atoms with E-state index in [2.05, 4.69) is 4.90 Å². The number of hydrogen-bond acceptors (Lipinski definition) is 3. The molecule has 0 aromatic rings. The topological polar surface area (TPSA) is 49.5 Å². The summed E-state index contributed by atoms with van der Waals surface area (Å²) in [5, 5.41) is 8.75. The van der Waals surface area contributed by atoms with Crippen LogP contribution < -0.4 is 5.73 Å². The van der Waals surface area contributed by atoms with Gasteiger partial charge in [0.2, 0.25) is 0 Å². The van der Waals surface area contributed by atoms with Crippen molar-refractivity contribution in [3.8, 4) is 0 Å². The van der Waals surface area contributed by atoms with Gasteiger partial charge in [-0.2, -0.15) is 0 Å². The number of likely N-dealkylation sites (tertiary alicyclic amines) is 1. The van der Waals surface area contributed by atoms with E-state index in [0.717, 1.165) is 13.1 Å². The van der Waals surface area contributed by atoms with Crippen LogP contribution in [0, 0.1) is 5.92 Å². The molecule has 0 aromatic heterocycles. The fraction of sp³-hybridized carbons (Fsp3) is 1.00. The van der Waals surface area contributed by atoms with Crippen molar-refractivity contribution < 1.29 is 5.11 Å². The molecule has 9 heavy (non-hydrogen) atoms. The summed E-state index contributed by atoms with van der Waals surface area (Å²) in [5.74, 6) is 0.301. The van der Waals surface area contributed by atoms with Crippen LogP contribution in [-0.4, -0.2) is 42.8 Å². The Morgan fingerprint density at radius 3 is 2.56 bits per heavy atom. The van der Waals surface area contributed by atoms with Gasteiger partial charge in [0.05, 0.1) is 0 Å². The molecule has 0 bridgehead atoms. The fourth-order valence-corrected chi connectivity index (χ4v) is 1.31. The van der Waals surface area contributed by atoms with Gasteiger partial charge in [0, 0.05) is 31.7 Å². The van der Waals surface area contributed by atoms with Gasteiger partial charge in [-0.05, 0) is 7.05 Å². The van der Waals surface area contributed by atoms with Crippen LogP contribution in [0.1, 0.15) is 0 Å². The predicted octanol–water partition coefficient (Wildman–Crippen LogP) is -1.13. The van der Waals surface area contributed by atoms with Crippen molar-refractivity contribution in [2.24, 2.45) is 11.7 Å². The van der Waals surface area contributed by atoms with Crippen molar-refractivity contribution in [3.63, 3.8) is 0 Å². The predicted molar refractivity (Wildman–Crippen MR) is 36.0 cm³/mol. The van der Waals surface area contributed by atoms with Gasteiger partial charge >= 0.3 is 0 Å². The lowest BCUT2D eigenvalue weighted by Gasteiger charge is -2.08. The minimum absolute atomic E-state index is 0.181. The summed E-state index contributed by atoms with van der Waals surface area (Å²) in [4.78, 5) is 2.14. The molecule has 1 aliphatic heterocycles. The highest BCUT2D eigenvalue weighted by atomic mass is 16.3. The van der Waals surface area contributed by atoms with E-state index in [9.17, 15) is 0 Å². The zero-order valence-corrected chi connectivity index (χ0v) is 5.75. The van der Waals surface area contributed by atoms with Crippen molar-refractivity contribution in [1.29, 1.82) is 0 Å². The number of nitrogens with zero attached hydrogens (tertiary/aromatic N) is 1. The first-order valence-electron chi connectivity index (χ1n) is 3.29. The molecular weight excluding hydrogens is 116 g/mol. The maximum absolute atomic E-state index is 8.75. The summed E-state index contributed by atoms with van der Waals surface area (Å²) in [6, 6.07) is 0.181. The van der Waals surface area contributed by atoms with Crippen LogP contribution in [0.5, 0.6) is 0 Å². The Morgan fingerprint density at radius 1 is 1.67 bits per heavy atom. The van der Waals surface area contributed by atoms with E-state index in [1.807, 2.05) is 7.05 Å². The Balaban J connectivity index is 2.38. The summed E-state index contributed by atoms with van der Waals surface area (Å²) in [6.07, 6.45) is 0. The smallest absolute Gasteiger partial charge is 0.0486 e. The molecule has 0 amide bonds. The number of rotatable bonds is 1. The summed E-state index contributed by atoms with van der Waals surface area (Å²) in [5.41, 5.74) is 5.68. The van der Waals surface area contributed by atoms with Crippen LogP contribution in [0.25, 0.3) is 0 Å². The number of aliphatic hydroxyl groups is 1. The highest BCUT2D eigenvalue weighted by Gasteiger charge is 2.26. The van der Waals surface area contributed by atoms with Gasteiger partial charge in [0.1, 0.15) is 0 Å². The van der Waals surface area contributed by atoms with Crippen molar-refractivity contribution in [1.82, 2.24) is 4.90 Å². The lowest BCUT2D eigenvalue weighted by molar-refractivity contribution is 0.220. The molecule has 0 unspecified atom stereocenters. The molecule has 1 saturated heterocycles. The van der Waals surface area contributed by atoms with E-state index in [0.29, 0.717) is 5.92 Å². The second kappa shape index (κ2) is 2.64. The SMILES string of the molecule is CN1C[C@H](CO)[C@@H](N)C1. The highest BCUT2D eigenvalue weighted by Crippen LogP contribution is 2.11. The zero-order valence-electron chi connectivity index (χ0n) is 5.75. The van der Waals surface area contributed by atoms with Gasteiger partial charge in [-0.25, -0.2) is 0 Å². The largest absolute Gasteiger partial charge is 0.396 e. The first-order chi connectivity index (χ1) is 4.24. The Morgan fingerprint density at radius 2 is 2.33 bits per heavy atom. The van der Waals surface area contributed by atoms with Crippen molar-refractivity contribution in [2.45, 2.75) is 6.04 Å². The molecule has 0 saturated carbocycles. The number of nitrogens with two attached hydrogens (primary N) is 1. The highest BCUT2D eigenvalue weighted by molar-refractivity contribution is 4.84. The lowest BCUT2D eigenvalue weighted by Crippen LogP contribution is -2.30. The average Bonchev–Trinajstić information content (AvgIpc) is 2.10. The Kier molecular flexibility index (Phi) is 2.05. The molecule has 1 rings (SSSR count). The quantitative estimate of drug-likeness (QED) is 0.472. The van der Waals surface area contributed by atoms with E-state index < -0.39 is 0 Å². The van der Waals surface area contributed by atoms with Gasteiger partial charge in [0.15, 0.2) is 0 Å². The van der Waals surface area contributed by atoms with Gasteiger partial charge < -0.3 is 15.7 Å². The van der Waals surface area contributed by atoms with Crippen LogP contribution >= 0.6 is 0 Å². The molecule has 3 N–H and O–H groups in total. The molecule has 0 radical (unpaired) electrons. The Hall–Kier alpha value is -0.120. The van der Waals surface area contributed by atoms with Crippen molar-refractivity contribution >= 4 is 0 Å². The van der Waals surface area contributed by atoms with Crippen LogP contribution in [0.15, 0.2) is 0 Å². The van der Waals surface area contributed by atoms with Gasteiger partial charge in [-0.3, -0.25) is 0 Å². The van der Waals surface area contributed by atoms with Gasteiger partial charge in [-0.1, -0.05) is 0 Å². The minimum Gasteiger partial charge on any atom is -0.396 e. The molecule has 54 valence electrons. The summed E-state index contributed by atoms with van der Waals surface area (Å²) >= 11 is 0. The van der Waals surface area contributed by atoms with Crippen LogP contribution in [-0.2, 0) is 0 Å². The molecule has 1 heterocycles. The van der Waals surface area contributed by atoms with Crippen LogP contribution in [0.2, 0.25) is 0 Å². The molecule has 0 aromatic carbocycles. The van der Waals surface area contributed by atoms with Crippen LogP contribution in [0.3, 0.4) is 0 Å². The molecule has 1 fully saturated rings. The van der Waals surface area contributed by atoms with Gasteiger partial charge in [0.25, 0.3) is 0 Å². The molecule has 3 heteroatoms. The molecule has 1 aliphatic rings. The average molecular weight is 130 g/mol. The Labute approximate surface area is 55.5 Å². The Bertz CT molecular complexity index is 97.1. The van der Waals surface area contributed by atoms with Crippen molar-refractivity contribution in [3.05, 3.63) is 0 Å². The molecule has 0 aliphatic carbocycles. The summed E-state index contributed by atoms with van der Waals surface area (Å²) in [6.45, 7) is 2.09. The first-order valence-corrected chi connectivity index (χ1v) is 3.29. The third kappa shape index (κ3) is 1.41. The molecule has 2 atom stereocenters. The second-order valence-corrected chi connectivity index (χ2v) is 2.83. The van der Waals surface area contributed by atoms with Crippen LogP contribution in [0.4, 0.5) is 0 Å². The van der Waals surface area contributed by atoms with E-state index >= 15 is 0 Å². The number of likely N-dealkylation sites (N-methyl/N-ethyl adjacent to an activating group) is 1. The normalized spacial score (nSPS) is 37.7. The van der Waals surface area contributed by atoms with E-state index in [1.54, 1.807) is 0 Å². The van der Waals surface area contributed by atoms with Crippen molar-refractivity contribution in [2.75, 3.05) is 26.7 Å². The standard InChI is InChI=1S/C6H14N2O/c1-8-2-5(4-9)6(7)3-8/h5-6,9H,2-4,7H2,1H3/t5-,6+/m1/s1. The van der Waals surface area contributed by atoms with E-state index in [1.165, 1.54) is 0 Å². The maximum Gasteiger partial charge on any atom is 0.0486 e. The third-order valence-corrected chi connectivity index (χ3v) is 1.91. The van der Waals surface area contributed by atoms with Gasteiger partial charge in [-0.15, -0.1) is 0 Å². The number of hydrogen-bond donors (Lipinski definition) is 2.